The Kier molecular flexibility index (Phi) is 10.4. The third kappa shape index (κ3) is 8.23. The molecule has 10 heteroatoms. The fourth-order valence-electron chi connectivity index (χ4n) is 2.97. The highest BCUT2D eigenvalue weighted by molar-refractivity contribution is 7.89. The lowest BCUT2D eigenvalue weighted by Gasteiger charge is -2.17. The zero-order valence-electron chi connectivity index (χ0n) is 19.4. The molecule has 0 aromatic heterocycles. The van der Waals surface area contributed by atoms with Crippen LogP contribution in [0, 0.1) is 0 Å². The minimum absolute atomic E-state index is 0.00402. The lowest BCUT2D eigenvalue weighted by Crippen LogP contribution is -2.32. The van der Waals surface area contributed by atoms with Gasteiger partial charge >= 0.3 is 0 Å². The highest BCUT2D eigenvalue weighted by Crippen LogP contribution is 2.30. The van der Waals surface area contributed by atoms with Crippen molar-refractivity contribution in [1.82, 2.24) is 10.0 Å². The van der Waals surface area contributed by atoms with Gasteiger partial charge in [-0.05, 0) is 55.8 Å². The first-order valence-electron chi connectivity index (χ1n) is 10.6. The molecule has 182 valence electrons. The summed E-state index contributed by atoms with van der Waals surface area (Å²) >= 11 is 0. The number of nitrogens with one attached hydrogen (secondary N) is 2. The Morgan fingerprint density at radius 2 is 1.73 bits per heavy atom. The molecule has 0 bridgehead atoms. The second-order valence-electron chi connectivity index (χ2n) is 7.09. The monoisotopic (exact) mass is 480 g/mol. The molecule has 2 rings (SSSR count). The smallest absolute Gasteiger partial charge is 0.240 e. The first-order valence-corrected chi connectivity index (χ1v) is 12.1. The summed E-state index contributed by atoms with van der Waals surface area (Å²) in [6.07, 6.45) is -0.00402. The summed E-state index contributed by atoms with van der Waals surface area (Å²) in [6.45, 7) is 5.01. The van der Waals surface area contributed by atoms with Crippen LogP contribution in [0.15, 0.2) is 47.4 Å². The summed E-state index contributed by atoms with van der Waals surface area (Å²) in [5.74, 6) is 1.45. The van der Waals surface area contributed by atoms with Crippen molar-refractivity contribution in [3.63, 3.8) is 0 Å². The standard InChI is InChI=1S/C23H32N2O7S/c1-5-31-19-7-9-20(10-8-19)33(27,28)24-13-12-23(26)25-17(2)18-6-11-21(22(16-18)30-4)32-15-14-29-3/h6-11,16-17,24H,5,12-15H2,1-4H3,(H,25,26). The van der Waals surface area contributed by atoms with Gasteiger partial charge < -0.3 is 24.3 Å². The minimum Gasteiger partial charge on any atom is -0.494 e. The lowest BCUT2D eigenvalue weighted by molar-refractivity contribution is -0.121. The number of hydrogen-bond donors (Lipinski definition) is 2. The quantitative estimate of drug-likeness (QED) is 0.400. The van der Waals surface area contributed by atoms with Gasteiger partial charge in [0.05, 0.1) is 31.3 Å². The van der Waals surface area contributed by atoms with Crippen molar-refractivity contribution in [2.45, 2.75) is 31.2 Å². The average Bonchev–Trinajstić information content (AvgIpc) is 2.79. The number of carbonyl (C=O) groups is 1. The number of rotatable bonds is 14. The van der Waals surface area contributed by atoms with E-state index in [1.807, 2.05) is 19.9 Å². The Labute approximate surface area is 195 Å². The molecule has 0 spiro atoms. The first kappa shape index (κ1) is 26.4. The van der Waals surface area contributed by atoms with E-state index in [1.54, 1.807) is 38.5 Å². The van der Waals surface area contributed by atoms with Crippen molar-refractivity contribution in [3.05, 3.63) is 48.0 Å². The number of amides is 1. The molecule has 0 fully saturated rings. The molecule has 0 aliphatic carbocycles. The van der Waals surface area contributed by atoms with Gasteiger partial charge in [0.2, 0.25) is 15.9 Å². The molecule has 1 atom stereocenters. The van der Waals surface area contributed by atoms with Crippen LogP contribution in [0.1, 0.15) is 31.9 Å². The molecule has 0 aliphatic rings. The van der Waals surface area contributed by atoms with E-state index in [-0.39, 0.29) is 29.8 Å². The summed E-state index contributed by atoms with van der Waals surface area (Å²) in [4.78, 5) is 12.4. The van der Waals surface area contributed by atoms with E-state index in [4.69, 9.17) is 18.9 Å². The molecule has 0 heterocycles. The van der Waals surface area contributed by atoms with E-state index in [0.717, 1.165) is 5.56 Å². The number of hydrogen-bond acceptors (Lipinski definition) is 7. The largest absolute Gasteiger partial charge is 0.494 e. The van der Waals surface area contributed by atoms with E-state index < -0.39 is 10.0 Å². The molecule has 1 unspecified atom stereocenters. The molecule has 0 saturated heterocycles. The predicted octanol–water partition coefficient (Wildman–Crippen LogP) is 2.66. The Morgan fingerprint density at radius 1 is 1.00 bits per heavy atom. The predicted molar refractivity (Wildman–Crippen MR) is 124 cm³/mol. The van der Waals surface area contributed by atoms with Crippen LogP contribution in [-0.4, -0.2) is 54.9 Å². The number of methoxy groups -OCH3 is 2. The zero-order valence-corrected chi connectivity index (χ0v) is 20.2. The maximum atomic E-state index is 12.4. The molecule has 0 radical (unpaired) electrons. The Bertz CT molecular complexity index is 994. The van der Waals surface area contributed by atoms with Crippen LogP contribution in [0.5, 0.6) is 17.2 Å². The summed E-state index contributed by atoms with van der Waals surface area (Å²) in [5.41, 5.74) is 0.828. The molecule has 33 heavy (non-hydrogen) atoms. The van der Waals surface area contributed by atoms with Crippen molar-refractivity contribution in [2.75, 3.05) is 40.6 Å². The molecule has 2 aromatic rings. The summed E-state index contributed by atoms with van der Waals surface area (Å²) in [6, 6.07) is 11.2. The van der Waals surface area contributed by atoms with Crippen LogP contribution in [-0.2, 0) is 19.6 Å². The van der Waals surface area contributed by atoms with Crippen molar-refractivity contribution < 1.29 is 32.2 Å². The SMILES string of the molecule is CCOc1ccc(S(=O)(=O)NCCC(=O)NC(C)c2ccc(OCCOC)c(OC)c2)cc1. The van der Waals surface area contributed by atoms with E-state index >= 15 is 0 Å². The molecule has 0 aliphatic heterocycles. The van der Waals surface area contributed by atoms with Crippen molar-refractivity contribution in [1.29, 1.82) is 0 Å². The molecule has 1 amide bonds. The molecule has 0 saturated carbocycles. The van der Waals surface area contributed by atoms with E-state index in [1.165, 1.54) is 12.1 Å². The van der Waals surface area contributed by atoms with Crippen LogP contribution in [0.2, 0.25) is 0 Å². The van der Waals surface area contributed by atoms with Crippen LogP contribution < -0.4 is 24.2 Å². The number of sulfonamides is 1. The van der Waals surface area contributed by atoms with Gasteiger partial charge in [0.15, 0.2) is 11.5 Å². The maximum absolute atomic E-state index is 12.4. The molecule has 9 nitrogen and oxygen atoms in total. The molecular weight excluding hydrogens is 448 g/mol. The number of ether oxygens (including phenoxy) is 4. The van der Waals surface area contributed by atoms with Gasteiger partial charge in [-0.2, -0.15) is 0 Å². The highest BCUT2D eigenvalue weighted by atomic mass is 32.2. The van der Waals surface area contributed by atoms with Crippen LogP contribution in [0.3, 0.4) is 0 Å². The van der Waals surface area contributed by atoms with Gasteiger partial charge in [-0.25, -0.2) is 13.1 Å². The first-order chi connectivity index (χ1) is 15.8. The Balaban J connectivity index is 1.87. The fraction of sp³-hybridized carbons (Fsp3) is 0.435. The van der Waals surface area contributed by atoms with Crippen molar-refractivity contribution >= 4 is 15.9 Å². The zero-order chi connectivity index (χ0) is 24.3. The average molecular weight is 481 g/mol. The van der Waals surface area contributed by atoms with Gasteiger partial charge in [-0.1, -0.05) is 6.07 Å². The van der Waals surface area contributed by atoms with Crippen molar-refractivity contribution in [3.8, 4) is 17.2 Å². The molecular formula is C23H32N2O7S. The second-order valence-corrected chi connectivity index (χ2v) is 8.86. The maximum Gasteiger partial charge on any atom is 0.240 e. The van der Waals surface area contributed by atoms with E-state index in [2.05, 4.69) is 10.0 Å². The van der Waals surface area contributed by atoms with E-state index in [9.17, 15) is 13.2 Å². The number of benzene rings is 2. The minimum atomic E-state index is -3.72. The Morgan fingerprint density at radius 3 is 2.36 bits per heavy atom. The van der Waals surface area contributed by atoms with Gasteiger partial charge in [-0.15, -0.1) is 0 Å². The second kappa shape index (κ2) is 13.0. The summed E-state index contributed by atoms with van der Waals surface area (Å²) in [7, 11) is -0.577. The van der Waals surface area contributed by atoms with Crippen LogP contribution in [0.4, 0.5) is 0 Å². The van der Waals surface area contributed by atoms with Gasteiger partial charge in [0, 0.05) is 20.1 Å². The highest BCUT2D eigenvalue weighted by Gasteiger charge is 2.16. The van der Waals surface area contributed by atoms with Gasteiger partial charge in [0.25, 0.3) is 0 Å². The van der Waals surface area contributed by atoms with E-state index in [0.29, 0.717) is 37.1 Å². The van der Waals surface area contributed by atoms with Gasteiger partial charge in [-0.3, -0.25) is 4.79 Å². The lowest BCUT2D eigenvalue weighted by atomic mass is 10.1. The summed E-state index contributed by atoms with van der Waals surface area (Å²) in [5, 5.41) is 2.86. The van der Waals surface area contributed by atoms with Crippen LogP contribution in [0.25, 0.3) is 0 Å². The van der Waals surface area contributed by atoms with Crippen LogP contribution >= 0.6 is 0 Å². The third-order valence-electron chi connectivity index (χ3n) is 4.70. The fourth-order valence-corrected chi connectivity index (χ4v) is 4.00. The number of carbonyl (C=O) groups excluding carboxylic acids is 1. The topological polar surface area (TPSA) is 112 Å². The Hall–Kier alpha value is -2.82. The normalized spacial score (nSPS) is 12.1. The van der Waals surface area contributed by atoms with Gasteiger partial charge in [0.1, 0.15) is 12.4 Å². The van der Waals surface area contributed by atoms with Crippen molar-refractivity contribution in [2.24, 2.45) is 0 Å². The summed E-state index contributed by atoms with van der Waals surface area (Å²) < 4.78 is 48.5. The molecule has 2 N–H and O–H groups in total. The molecule has 2 aromatic carbocycles. The third-order valence-corrected chi connectivity index (χ3v) is 6.18.